The number of likely N-dealkylation sites (N-methyl/N-ethyl adjacent to an activating group) is 2. The lowest BCUT2D eigenvalue weighted by Crippen LogP contribution is -2.60. The van der Waals surface area contributed by atoms with Crippen molar-refractivity contribution in [3.05, 3.63) is 46.8 Å². The van der Waals surface area contributed by atoms with Gasteiger partial charge >= 0.3 is 14.7 Å². The SMILES string of the molecule is CCC1(C(=O)N2CC(CCl)c3c2cc(OC(=O)N(C)CCNC)c2[nH]cc(C)c32)CC(C)(C(=O)N2CC(CCl)c3c2cc(OP(O)O)c2[nH]cc(C)c32)C1. The van der Waals surface area contributed by atoms with E-state index in [0.717, 1.165) is 33.0 Å². The van der Waals surface area contributed by atoms with Gasteiger partial charge in [0, 0.05) is 97.5 Å². The molecule has 13 nitrogen and oxygen atoms in total. The van der Waals surface area contributed by atoms with E-state index in [9.17, 15) is 24.2 Å². The van der Waals surface area contributed by atoms with Crippen LogP contribution in [0.15, 0.2) is 24.5 Å². The Balaban J connectivity index is 1.20. The third kappa shape index (κ3) is 6.12. The number of nitrogens with zero attached hydrogens (tertiary/aromatic N) is 3. The van der Waals surface area contributed by atoms with Crippen LogP contribution < -0.4 is 24.4 Å². The molecule has 1 aliphatic carbocycles. The van der Waals surface area contributed by atoms with Gasteiger partial charge in [0.1, 0.15) is 0 Å². The molecule has 0 bridgehead atoms. The number of amides is 3. The van der Waals surface area contributed by atoms with Gasteiger partial charge in [0.15, 0.2) is 11.5 Å². The third-order valence-corrected chi connectivity index (χ3v) is 12.9. The van der Waals surface area contributed by atoms with Crippen molar-refractivity contribution in [3.8, 4) is 11.5 Å². The van der Waals surface area contributed by atoms with Crippen LogP contribution >= 0.6 is 31.8 Å². The lowest BCUT2D eigenvalue weighted by atomic mass is 9.51. The molecule has 3 aliphatic rings. The summed E-state index contributed by atoms with van der Waals surface area (Å²) in [4.78, 5) is 73.7. The Morgan fingerprint density at radius 3 is 1.96 bits per heavy atom. The van der Waals surface area contributed by atoms with E-state index in [4.69, 9.17) is 32.5 Å². The van der Waals surface area contributed by atoms with Crippen molar-refractivity contribution in [1.82, 2.24) is 20.2 Å². The van der Waals surface area contributed by atoms with Crippen molar-refractivity contribution in [2.24, 2.45) is 10.8 Å². The number of carbonyl (C=O) groups is 3. The molecule has 4 heterocycles. The average Bonchev–Trinajstić information content (AvgIpc) is 3.91. The number of fused-ring (bicyclic) bond motifs is 6. The number of hydrogen-bond acceptors (Lipinski definition) is 8. The van der Waals surface area contributed by atoms with Crippen molar-refractivity contribution in [2.75, 3.05) is 61.8 Å². The summed E-state index contributed by atoms with van der Waals surface area (Å²) in [7, 11) is 0.782. The minimum Gasteiger partial charge on any atom is -0.425 e. The zero-order valence-electron chi connectivity index (χ0n) is 31.3. The van der Waals surface area contributed by atoms with Gasteiger partial charge in [-0.1, -0.05) is 13.8 Å². The Kier molecular flexibility index (Phi) is 10.4. The second-order valence-corrected chi connectivity index (χ2v) is 16.7. The highest BCUT2D eigenvalue weighted by molar-refractivity contribution is 7.39. The highest BCUT2D eigenvalue weighted by atomic mass is 35.5. The number of benzene rings is 2. The molecule has 1 saturated carbocycles. The predicted molar refractivity (Wildman–Crippen MR) is 212 cm³/mol. The second kappa shape index (κ2) is 14.5. The van der Waals surface area contributed by atoms with Gasteiger partial charge in [0.05, 0.1) is 27.8 Å². The van der Waals surface area contributed by atoms with Gasteiger partial charge in [0.25, 0.3) is 0 Å². The van der Waals surface area contributed by atoms with E-state index in [1.165, 1.54) is 4.90 Å². The number of rotatable bonds is 11. The van der Waals surface area contributed by atoms with Crippen LogP contribution in [0.3, 0.4) is 0 Å². The highest BCUT2D eigenvalue weighted by Gasteiger charge is 2.62. The number of aromatic amines is 2. The molecule has 7 rings (SSSR count). The molecule has 1 fully saturated rings. The lowest BCUT2D eigenvalue weighted by molar-refractivity contribution is -0.153. The van der Waals surface area contributed by atoms with Crippen molar-refractivity contribution in [3.63, 3.8) is 0 Å². The smallest absolute Gasteiger partial charge is 0.415 e. The largest absolute Gasteiger partial charge is 0.425 e. The maximum Gasteiger partial charge on any atom is 0.415 e. The number of carbonyl (C=O) groups excluding carboxylic acids is 3. The molecule has 2 aromatic carbocycles. The summed E-state index contributed by atoms with van der Waals surface area (Å²) in [6.07, 6.45) is 4.37. The lowest BCUT2D eigenvalue weighted by Gasteiger charge is -2.54. The van der Waals surface area contributed by atoms with E-state index in [1.54, 1.807) is 29.0 Å². The van der Waals surface area contributed by atoms with Crippen LogP contribution in [0, 0.1) is 24.7 Å². The maximum absolute atomic E-state index is 14.9. The summed E-state index contributed by atoms with van der Waals surface area (Å²) in [6.45, 7) is 9.59. The third-order valence-electron chi connectivity index (χ3n) is 11.8. The Hall–Kier alpha value is -3.58. The summed E-state index contributed by atoms with van der Waals surface area (Å²) in [5.41, 5.74) is 4.64. The highest BCUT2D eigenvalue weighted by Crippen LogP contribution is 2.61. The quantitative estimate of drug-likeness (QED) is 0.0823. The number of alkyl halides is 2. The topological polar surface area (TPSA) is 163 Å². The molecule has 16 heteroatoms. The molecule has 2 unspecified atom stereocenters. The van der Waals surface area contributed by atoms with Crippen LogP contribution in [0.1, 0.15) is 67.2 Å². The van der Waals surface area contributed by atoms with Crippen LogP contribution in [-0.2, 0) is 9.59 Å². The van der Waals surface area contributed by atoms with E-state index in [1.807, 2.05) is 47.1 Å². The molecule has 5 N–H and O–H groups in total. The first kappa shape index (κ1) is 38.7. The first-order valence-electron chi connectivity index (χ1n) is 18.2. The van der Waals surface area contributed by atoms with E-state index in [-0.39, 0.29) is 35.3 Å². The van der Waals surface area contributed by atoms with E-state index in [2.05, 4.69) is 15.3 Å². The van der Waals surface area contributed by atoms with Gasteiger partial charge in [-0.2, -0.15) is 0 Å². The number of anilines is 2. The first-order valence-corrected chi connectivity index (χ1v) is 20.4. The standard InChI is InChI=1S/C38H47Cl2N6O7P/c1-7-38(18-37(4,19-38)34(47)45-16-22(12-39)31-25(45)11-27(53-54(50)51)33-29(31)21(3)15-43-33)35(48)46-17-23(13-40)30-24(46)10-26(32-28(30)20(2)14-42-32)52-36(49)44(6)9-8-41-5/h10-11,14-15,22-23,41-43,50-51H,7-9,12-13,16-19H2,1-6H3. The number of hydrogen-bond donors (Lipinski definition) is 5. The van der Waals surface area contributed by atoms with Crippen molar-refractivity contribution in [2.45, 2.75) is 58.8 Å². The van der Waals surface area contributed by atoms with Crippen molar-refractivity contribution < 1.29 is 33.4 Å². The number of aryl methyl sites for hydroxylation is 2. The Morgan fingerprint density at radius 2 is 1.46 bits per heavy atom. The molecular formula is C38H47Cl2N6O7P. The van der Waals surface area contributed by atoms with E-state index >= 15 is 0 Å². The number of halogens is 2. The Labute approximate surface area is 325 Å². The van der Waals surface area contributed by atoms with Gasteiger partial charge in [-0.3, -0.25) is 9.59 Å². The van der Waals surface area contributed by atoms with Gasteiger partial charge in [-0.15, -0.1) is 23.2 Å². The summed E-state index contributed by atoms with van der Waals surface area (Å²) in [6, 6.07) is 3.45. The van der Waals surface area contributed by atoms with Gasteiger partial charge in [-0.25, -0.2) is 4.79 Å². The molecule has 2 atom stereocenters. The fourth-order valence-electron chi connectivity index (χ4n) is 9.20. The summed E-state index contributed by atoms with van der Waals surface area (Å²) < 4.78 is 11.4. The zero-order chi connectivity index (χ0) is 38.9. The number of nitrogens with one attached hydrogen (secondary N) is 3. The second-order valence-electron chi connectivity index (χ2n) is 15.4. The first-order chi connectivity index (χ1) is 25.7. The maximum atomic E-state index is 14.9. The Bertz CT molecular complexity index is 2150. The molecule has 4 aromatic rings. The van der Waals surface area contributed by atoms with Gasteiger partial charge in [0.2, 0.25) is 11.8 Å². The van der Waals surface area contributed by atoms with Crippen molar-refractivity contribution in [1.29, 1.82) is 0 Å². The molecule has 54 heavy (non-hydrogen) atoms. The van der Waals surface area contributed by atoms with Crippen LogP contribution in [-0.4, -0.2) is 94.6 Å². The van der Waals surface area contributed by atoms with Crippen LogP contribution in [0.2, 0.25) is 0 Å². The predicted octanol–water partition coefficient (Wildman–Crippen LogP) is 6.74. The average molecular weight is 802 g/mol. The minimum absolute atomic E-state index is 0.0832. The van der Waals surface area contributed by atoms with Gasteiger partial charge < -0.3 is 49.0 Å². The number of ether oxygens (including phenoxy) is 1. The van der Waals surface area contributed by atoms with Crippen LogP contribution in [0.4, 0.5) is 16.2 Å². The van der Waals surface area contributed by atoms with E-state index in [0.29, 0.717) is 79.5 Å². The molecule has 2 aliphatic heterocycles. The molecular weight excluding hydrogens is 754 g/mol. The van der Waals surface area contributed by atoms with Crippen LogP contribution in [0.5, 0.6) is 11.5 Å². The molecule has 0 radical (unpaired) electrons. The van der Waals surface area contributed by atoms with Crippen molar-refractivity contribution >= 4 is 82.9 Å². The fraction of sp³-hybridized carbons (Fsp3) is 0.500. The molecule has 0 saturated heterocycles. The summed E-state index contributed by atoms with van der Waals surface area (Å²) >= 11 is 13.1. The number of H-pyrrole nitrogens is 2. The molecule has 0 spiro atoms. The summed E-state index contributed by atoms with van der Waals surface area (Å²) in [5.74, 6) is 0.635. The molecule has 3 amide bonds. The normalized spacial score (nSPS) is 23.2. The zero-order valence-corrected chi connectivity index (χ0v) is 33.7. The Morgan fingerprint density at radius 1 is 0.944 bits per heavy atom. The molecule has 290 valence electrons. The summed E-state index contributed by atoms with van der Waals surface area (Å²) in [5, 5.41) is 4.77. The van der Waals surface area contributed by atoms with E-state index < -0.39 is 25.5 Å². The minimum atomic E-state index is -2.71. The molecule has 2 aromatic heterocycles. The van der Waals surface area contributed by atoms with Crippen LogP contribution in [0.25, 0.3) is 21.8 Å². The fourth-order valence-corrected chi connectivity index (χ4v) is 10.0. The number of aromatic nitrogens is 2. The van der Waals surface area contributed by atoms with Gasteiger partial charge in [-0.05, 0) is 62.4 Å². The monoisotopic (exact) mass is 800 g/mol.